The minimum absolute atomic E-state index is 0.0325. The summed E-state index contributed by atoms with van der Waals surface area (Å²) in [5, 5.41) is 11.6. The normalized spacial score (nSPS) is 16.8. The topological polar surface area (TPSA) is 233 Å². The van der Waals surface area contributed by atoms with Gasteiger partial charge in [-0.15, -0.1) is 12.6 Å². The molecule has 0 saturated heterocycles. The molecule has 0 spiro atoms. The summed E-state index contributed by atoms with van der Waals surface area (Å²) in [6, 6.07) is 0. The Morgan fingerprint density at radius 3 is 2.40 bits per heavy atom. The van der Waals surface area contributed by atoms with Crippen LogP contribution < -0.4 is 16.9 Å². The van der Waals surface area contributed by atoms with Gasteiger partial charge in [-0.25, -0.2) is 19.3 Å². The lowest BCUT2D eigenvalue weighted by molar-refractivity contribution is -0.157. The number of H-pyrrole nitrogens is 2. The maximum atomic E-state index is 15.8. The Kier molecular flexibility index (Phi) is 11.5. The molecule has 5 N–H and O–H groups in total. The number of imidazole rings is 3. The Balaban J connectivity index is 1.29. The van der Waals surface area contributed by atoms with E-state index in [1.807, 2.05) is 0 Å². The van der Waals surface area contributed by atoms with Crippen LogP contribution >= 0.6 is 35.0 Å². The summed E-state index contributed by atoms with van der Waals surface area (Å²) in [5.74, 6) is -0.780. The van der Waals surface area contributed by atoms with Crippen LogP contribution in [0.25, 0.3) is 28.1 Å². The maximum Gasteiger partial charge on any atom is 0.280 e. The number of nitrogens with two attached hydrogens (primary N) is 1. The second-order valence-electron chi connectivity index (χ2n) is 10.0. The quantitative estimate of drug-likeness (QED) is 0.0321. The number of aliphatic hydroxyl groups excluding tert-OH is 1. The predicted octanol–water partition coefficient (Wildman–Crippen LogP) is -0.0238. The standard InChI is InChI=1S/C24H32FN10O9PS2/c1-39-11(7-43-45)10(20(38)35-9-29-15-18(37)32-23-27-3-4-33(23)19(15)35)5-41-24(46)42-6-12(40-2)13(25)21(44-47)34-8-28-14-16(34)30-22(26)31-17(14)36/h3-4,8-13,20-21,24,38,46-47H,5-7,45H2,1-2H3,(H,27,32,37)(H3,26,30,31,36)/t10-,11-,12-,13-,20-,21-,24?/m1/s1. The minimum Gasteiger partial charge on any atom is -0.378 e. The average Bonchev–Trinajstić information content (AvgIpc) is 3.80. The van der Waals surface area contributed by atoms with E-state index in [1.165, 1.54) is 31.3 Å². The molecule has 0 amide bonds. The Hall–Kier alpha value is -3.18. The summed E-state index contributed by atoms with van der Waals surface area (Å²) in [5.41, 5.74) is 3.54. The van der Waals surface area contributed by atoms with Crippen LogP contribution in [0.4, 0.5) is 10.3 Å². The highest BCUT2D eigenvalue weighted by molar-refractivity contribution is 7.80. The number of nitrogens with one attached hydrogen (secondary N) is 2. The van der Waals surface area contributed by atoms with Gasteiger partial charge in [-0.1, -0.05) is 0 Å². The zero-order valence-electron chi connectivity index (χ0n) is 24.7. The number of halogens is 1. The van der Waals surface area contributed by atoms with Crippen molar-refractivity contribution >= 4 is 69.1 Å². The number of thiol groups is 2. The third-order valence-electron chi connectivity index (χ3n) is 7.38. The number of ether oxygens (including phenoxy) is 4. The highest BCUT2D eigenvalue weighted by Crippen LogP contribution is 2.28. The van der Waals surface area contributed by atoms with Crippen molar-refractivity contribution in [1.29, 1.82) is 0 Å². The van der Waals surface area contributed by atoms with Gasteiger partial charge in [0.2, 0.25) is 17.3 Å². The molecule has 0 aromatic carbocycles. The molecule has 5 heterocycles. The summed E-state index contributed by atoms with van der Waals surface area (Å²) in [6.45, 7) is -0.557. The van der Waals surface area contributed by atoms with Crippen LogP contribution in [-0.2, 0) is 27.7 Å². The van der Waals surface area contributed by atoms with Gasteiger partial charge in [-0.2, -0.15) is 4.98 Å². The van der Waals surface area contributed by atoms with Crippen molar-refractivity contribution in [2.75, 3.05) is 39.8 Å². The molecule has 0 radical (unpaired) electrons. The first-order valence-electron chi connectivity index (χ1n) is 13.7. The molecular weight excluding hydrogens is 686 g/mol. The number of aliphatic hydroxyl groups is 1. The van der Waals surface area contributed by atoms with E-state index in [9.17, 15) is 14.7 Å². The SMILES string of the molecule is CO[C@H](COC(S)OC[C@@H]([C@@H](O)n1cnc2c(=O)[nH]c3nccn3c21)[C@@H](COP)OC)[C@@H](F)[C@@H](OS)n1cnc2c(=O)[nH]c(N)nc21. The van der Waals surface area contributed by atoms with Crippen LogP contribution in [0.5, 0.6) is 0 Å². The maximum absolute atomic E-state index is 15.8. The van der Waals surface area contributed by atoms with Crippen molar-refractivity contribution in [2.24, 2.45) is 5.92 Å². The molecule has 256 valence electrons. The Morgan fingerprint density at radius 2 is 1.70 bits per heavy atom. The number of fused-ring (bicyclic) bond motifs is 4. The van der Waals surface area contributed by atoms with Gasteiger partial charge in [0, 0.05) is 36.1 Å². The monoisotopic (exact) mass is 718 g/mol. The number of nitrogen functional groups attached to an aromatic ring is 1. The lowest BCUT2D eigenvalue weighted by Gasteiger charge is -2.31. The van der Waals surface area contributed by atoms with Crippen molar-refractivity contribution < 1.29 is 37.2 Å². The Morgan fingerprint density at radius 1 is 1.02 bits per heavy atom. The van der Waals surface area contributed by atoms with E-state index < -0.39 is 53.5 Å². The van der Waals surface area contributed by atoms with E-state index in [0.717, 1.165) is 10.9 Å². The molecule has 5 rings (SSSR count). The zero-order chi connectivity index (χ0) is 33.8. The number of hydrogen-bond donors (Lipinski definition) is 6. The van der Waals surface area contributed by atoms with Crippen LogP contribution in [-0.4, -0.2) is 107 Å². The highest BCUT2D eigenvalue weighted by atomic mass is 32.1. The fourth-order valence-electron chi connectivity index (χ4n) is 5.01. The first kappa shape index (κ1) is 35.1. The van der Waals surface area contributed by atoms with Crippen LogP contribution in [0.3, 0.4) is 0 Å². The molecular formula is C24H32FN10O9PS2. The van der Waals surface area contributed by atoms with Crippen molar-refractivity contribution in [3.05, 3.63) is 45.8 Å². The fraction of sp³-hybridized carbons (Fsp3) is 0.500. The highest BCUT2D eigenvalue weighted by Gasteiger charge is 2.35. The van der Waals surface area contributed by atoms with Crippen LogP contribution in [0.1, 0.15) is 12.5 Å². The number of methoxy groups -OCH3 is 2. The summed E-state index contributed by atoms with van der Waals surface area (Å²) in [6.07, 6.45) is -1.16. The van der Waals surface area contributed by atoms with Crippen LogP contribution in [0.15, 0.2) is 34.6 Å². The Bertz CT molecular complexity index is 1920. The van der Waals surface area contributed by atoms with Gasteiger partial charge < -0.3 is 34.3 Å². The summed E-state index contributed by atoms with van der Waals surface area (Å²) < 4.78 is 52.5. The average molecular weight is 719 g/mol. The number of aromatic nitrogens is 9. The molecule has 0 saturated carbocycles. The van der Waals surface area contributed by atoms with Crippen molar-refractivity contribution in [3.8, 4) is 0 Å². The van der Waals surface area contributed by atoms with E-state index >= 15 is 4.39 Å². The second kappa shape index (κ2) is 15.4. The molecule has 0 bridgehead atoms. The third kappa shape index (κ3) is 7.16. The summed E-state index contributed by atoms with van der Waals surface area (Å²) in [7, 11) is 4.80. The van der Waals surface area contributed by atoms with E-state index in [2.05, 4.69) is 64.9 Å². The van der Waals surface area contributed by atoms with Gasteiger partial charge in [-0.05, 0) is 12.9 Å². The number of hydrogen-bond acceptors (Lipinski definition) is 16. The van der Waals surface area contributed by atoms with E-state index in [4.69, 9.17) is 33.4 Å². The van der Waals surface area contributed by atoms with Gasteiger partial charge in [-0.3, -0.25) is 37.3 Å². The smallest absolute Gasteiger partial charge is 0.280 e. The number of aromatic amines is 2. The molecule has 0 aliphatic heterocycles. The molecule has 0 fully saturated rings. The van der Waals surface area contributed by atoms with Crippen molar-refractivity contribution in [1.82, 2.24) is 43.4 Å². The molecule has 0 aliphatic carbocycles. The molecule has 47 heavy (non-hydrogen) atoms. The van der Waals surface area contributed by atoms with Gasteiger partial charge in [0.1, 0.15) is 12.3 Å². The predicted molar refractivity (Wildman–Crippen MR) is 172 cm³/mol. The van der Waals surface area contributed by atoms with E-state index in [1.54, 1.807) is 10.6 Å². The summed E-state index contributed by atoms with van der Waals surface area (Å²) in [4.78, 5) is 45.9. The molecule has 23 heteroatoms. The van der Waals surface area contributed by atoms with E-state index in [0.29, 0.717) is 0 Å². The first-order chi connectivity index (χ1) is 22.6. The molecule has 0 aliphatic rings. The third-order valence-corrected chi connectivity index (χ3v) is 8.09. The second-order valence-corrected chi connectivity index (χ2v) is 11.0. The lowest BCUT2D eigenvalue weighted by atomic mass is 10.0. The first-order valence-corrected chi connectivity index (χ1v) is 15.0. The summed E-state index contributed by atoms with van der Waals surface area (Å²) >= 11 is 8.12. The zero-order valence-corrected chi connectivity index (χ0v) is 27.7. The lowest BCUT2D eigenvalue weighted by Crippen LogP contribution is -2.39. The minimum atomic E-state index is -1.93. The Labute approximate surface area is 277 Å². The van der Waals surface area contributed by atoms with Crippen molar-refractivity contribution in [3.63, 3.8) is 0 Å². The van der Waals surface area contributed by atoms with E-state index in [-0.39, 0.29) is 53.9 Å². The van der Waals surface area contributed by atoms with Gasteiger partial charge in [0.05, 0.1) is 44.5 Å². The number of nitrogens with zero attached hydrogens (tertiary/aromatic N) is 7. The number of rotatable bonds is 17. The molecule has 8 atom stereocenters. The van der Waals surface area contributed by atoms with Gasteiger partial charge in [0.25, 0.3) is 11.1 Å². The largest absolute Gasteiger partial charge is 0.378 e. The molecule has 2 unspecified atom stereocenters. The number of anilines is 1. The van der Waals surface area contributed by atoms with Gasteiger partial charge >= 0.3 is 0 Å². The number of alkyl halides is 1. The van der Waals surface area contributed by atoms with Crippen molar-refractivity contribution in [2.45, 2.75) is 36.5 Å². The fourth-order valence-corrected chi connectivity index (χ4v) is 5.59. The van der Waals surface area contributed by atoms with Crippen LogP contribution in [0, 0.1) is 5.92 Å². The molecule has 19 nitrogen and oxygen atoms in total. The van der Waals surface area contributed by atoms with Gasteiger partial charge in [0.15, 0.2) is 34.7 Å². The molecule has 5 aromatic heterocycles. The van der Waals surface area contributed by atoms with Crippen LogP contribution in [0.2, 0.25) is 0 Å². The molecule has 5 aromatic rings.